The van der Waals surface area contributed by atoms with Gasteiger partial charge in [0.25, 0.3) is 0 Å². The lowest BCUT2D eigenvalue weighted by Gasteiger charge is -2.39. The number of rotatable bonds is 9. The Labute approximate surface area is 183 Å². The first-order valence-corrected chi connectivity index (χ1v) is 11.3. The van der Waals surface area contributed by atoms with E-state index in [1.165, 1.54) is 19.3 Å². The predicted octanol–water partition coefficient (Wildman–Crippen LogP) is 6.86. The number of nitrogens with one attached hydrogen (secondary N) is 1. The van der Waals surface area contributed by atoms with Crippen LogP contribution in [0.4, 0.5) is 13.2 Å². The van der Waals surface area contributed by atoms with Gasteiger partial charge in [0.05, 0.1) is 0 Å². The number of unbranched alkanes of at least 4 members (excludes halogenated alkanes) is 5. The van der Waals surface area contributed by atoms with Crippen molar-refractivity contribution in [2.24, 2.45) is 0 Å². The van der Waals surface area contributed by atoms with Crippen molar-refractivity contribution in [1.82, 2.24) is 10.4 Å². The number of nitrogens with zero attached hydrogens (tertiary/aromatic N) is 1. The molecule has 2 aromatic rings. The number of hydrazine groups is 1. The van der Waals surface area contributed by atoms with Gasteiger partial charge in [-0.2, -0.15) is 18.2 Å². The number of amides is 1. The van der Waals surface area contributed by atoms with Crippen LogP contribution in [0.25, 0.3) is 10.8 Å². The molecule has 1 atom stereocenters. The summed E-state index contributed by atoms with van der Waals surface area (Å²) in [6.45, 7) is 5.53. The summed E-state index contributed by atoms with van der Waals surface area (Å²) in [5.74, 6) is -0.378. The van der Waals surface area contributed by atoms with Gasteiger partial charge in [0.2, 0.25) is 5.91 Å². The third-order valence-electron chi connectivity index (χ3n) is 6.19. The maximum atomic E-state index is 14.6. The number of aryl methyl sites for hydroxylation is 1. The van der Waals surface area contributed by atoms with Crippen LogP contribution in [0.15, 0.2) is 36.4 Å². The van der Waals surface area contributed by atoms with Crippen molar-refractivity contribution in [1.29, 1.82) is 0 Å². The number of carbonyl (C=O) groups is 1. The molecule has 1 heterocycles. The predicted molar refractivity (Wildman–Crippen MR) is 119 cm³/mol. The molecule has 1 aliphatic heterocycles. The summed E-state index contributed by atoms with van der Waals surface area (Å²) in [5, 5.41) is 2.51. The Balaban J connectivity index is 2.02. The Morgan fingerprint density at radius 3 is 2.35 bits per heavy atom. The molecule has 0 aromatic heterocycles. The maximum absolute atomic E-state index is 14.6. The lowest BCUT2D eigenvalue weighted by Crippen LogP contribution is -2.51. The summed E-state index contributed by atoms with van der Waals surface area (Å²) in [5.41, 5.74) is 2.56. The summed E-state index contributed by atoms with van der Waals surface area (Å²) in [6.07, 6.45) is 2.60. The average molecular weight is 435 g/mol. The molecule has 0 radical (unpaired) electrons. The lowest BCUT2D eigenvalue weighted by atomic mass is 9.88. The molecule has 1 fully saturated rings. The molecule has 0 bridgehead atoms. The van der Waals surface area contributed by atoms with E-state index in [0.29, 0.717) is 17.4 Å². The second-order valence-corrected chi connectivity index (χ2v) is 9.22. The molecule has 170 valence electrons. The summed E-state index contributed by atoms with van der Waals surface area (Å²) >= 11 is 0. The van der Waals surface area contributed by atoms with Crippen molar-refractivity contribution >= 4 is 16.7 Å². The molecule has 0 aliphatic carbocycles. The molecular weight excluding hydrogens is 401 g/mol. The minimum atomic E-state index is -4.53. The Morgan fingerprint density at radius 2 is 1.71 bits per heavy atom. The second-order valence-electron chi connectivity index (χ2n) is 9.22. The van der Waals surface area contributed by atoms with Gasteiger partial charge in [0, 0.05) is 12.0 Å². The number of hydrogen-bond donors (Lipinski definition) is 1. The van der Waals surface area contributed by atoms with Crippen LogP contribution in [0.2, 0.25) is 0 Å². The van der Waals surface area contributed by atoms with Gasteiger partial charge in [-0.3, -0.25) is 10.2 Å². The standard InChI is InChI=1S/C25H33F3N2O/c1-4-5-6-7-8-9-13-19-16-15-18-12-10-11-14-20(18)22(19)23(25(26,27)28)30-24(2,3)17-21(31)29-30/h10-12,14-16,23H,4-9,13,17H2,1-3H3,(H,29,31)/t23-/m0/s1. The molecule has 1 saturated heterocycles. The molecule has 0 saturated carbocycles. The Bertz CT molecular complexity index is 907. The van der Waals surface area contributed by atoms with E-state index in [1.807, 2.05) is 24.3 Å². The fourth-order valence-corrected chi connectivity index (χ4v) is 4.63. The summed E-state index contributed by atoms with van der Waals surface area (Å²) in [4.78, 5) is 12.1. The molecular formula is C25H33F3N2O. The van der Waals surface area contributed by atoms with Crippen molar-refractivity contribution in [2.75, 3.05) is 0 Å². The van der Waals surface area contributed by atoms with Crippen molar-refractivity contribution in [3.63, 3.8) is 0 Å². The molecule has 1 N–H and O–H groups in total. The van der Waals surface area contributed by atoms with Crippen molar-refractivity contribution in [3.05, 3.63) is 47.5 Å². The van der Waals surface area contributed by atoms with E-state index in [9.17, 15) is 18.0 Å². The highest BCUT2D eigenvalue weighted by Crippen LogP contribution is 2.46. The van der Waals surface area contributed by atoms with Gasteiger partial charge >= 0.3 is 6.18 Å². The monoisotopic (exact) mass is 434 g/mol. The van der Waals surface area contributed by atoms with Crippen molar-refractivity contribution in [2.45, 2.75) is 89.9 Å². The zero-order valence-electron chi connectivity index (χ0n) is 18.7. The Hall–Kier alpha value is -2.08. The molecule has 6 heteroatoms. The highest BCUT2D eigenvalue weighted by molar-refractivity contribution is 5.87. The van der Waals surface area contributed by atoms with E-state index < -0.39 is 17.8 Å². The van der Waals surface area contributed by atoms with Gasteiger partial charge in [-0.1, -0.05) is 75.4 Å². The van der Waals surface area contributed by atoms with Crippen molar-refractivity contribution < 1.29 is 18.0 Å². The first-order valence-electron chi connectivity index (χ1n) is 11.3. The molecule has 31 heavy (non-hydrogen) atoms. The van der Waals surface area contributed by atoms with Gasteiger partial charge in [-0.05, 0) is 48.6 Å². The first kappa shape index (κ1) is 23.6. The van der Waals surface area contributed by atoms with E-state index >= 15 is 0 Å². The summed E-state index contributed by atoms with van der Waals surface area (Å²) in [6, 6.07) is 9.08. The SMILES string of the molecule is CCCCCCCCc1ccc2ccccc2c1[C@H](N1NC(=O)CC1(C)C)C(F)(F)F. The molecule has 1 amide bonds. The van der Waals surface area contributed by atoms with Gasteiger partial charge in [0.15, 0.2) is 6.04 Å². The minimum Gasteiger partial charge on any atom is -0.287 e. The van der Waals surface area contributed by atoms with Gasteiger partial charge in [0.1, 0.15) is 0 Å². The second kappa shape index (κ2) is 9.60. The first-order chi connectivity index (χ1) is 14.6. The van der Waals surface area contributed by atoms with Gasteiger partial charge < -0.3 is 0 Å². The number of benzene rings is 2. The van der Waals surface area contributed by atoms with Crippen LogP contribution in [0.3, 0.4) is 0 Å². The highest BCUT2D eigenvalue weighted by Gasteiger charge is 2.53. The largest absolute Gasteiger partial charge is 0.409 e. The smallest absolute Gasteiger partial charge is 0.287 e. The molecule has 0 unspecified atom stereocenters. The number of alkyl halides is 3. The average Bonchev–Trinajstić information content (AvgIpc) is 2.96. The Kier molecular flexibility index (Phi) is 7.30. The molecule has 2 aromatic carbocycles. The van der Waals surface area contributed by atoms with Crippen LogP contribution in [-0.4, -0.2) is 22.6 Å². The van der Waals surface area contributed by atoms with Crippen LogP contribution in [0, 0.1) is 0 Å². The topological polar surface area (TPSA) is 32.3 Å². The van der Waals surface area contributed by atoms with Crippen LogP contribution in [0.1, 0.15) is 82.9 Å². The zero-order valence-corrected chi connectivity index (χ0v) is 18.7. The van der Waals surface area contributed by atoms with E-state index in [1.54, 1.807) is 26.0 Å². The van der Waals surface area contributed by atoms with E-state index in [2.05, 4.69) is 12.3 Å². The number of fused-ring (bicyclic) bond motifs is 1. The number of hydrogen-bond acceptors (Lipinski definition) is 2. The van der Waals surface area contributed by atoms with E-state index in [4.69, 9.17) is 0 Å². The van der Waals surface area contributed by atoms with Crippen LogP contribution >= 0.6 is 0 Å². The quantitative estimate of drug-likeness (QED) is 0.437. The fraction of sp³-hybridized carbons (Fsp3) is 0.560. The number of halogens is 3. The maximum Gasteiger partial charge on any atom is 0.409 e. The highest BCUT2D eigenvalue weighted by atomic mass is 19.4. The normalized spacial score (nSPS) is 17.8. The molecule has 1 aliphatic rings. The Morgan fingerprint density at radius 1 is 1.03 bits per heavy atom. The lowest BCUT2D eigenvalue weighted by molar-refractivity contribution is -0.203. The van der Waals surface area contributed by atoms with Crippen LogP contribution in [-0.2, 0) is 11.2 Å². The summed E-state index contributed by atoms with van der Waals surface area (Å²) in [7, 11) is 0. The van der Waals surface area contributed by atoms with Gasteiger partial charge in [-0.25, -0.2) is 0 Å². The molecule has 0 spiro atoms. The van der Waals surface area contributed by atoms with E-state index in [0.717, 1.165) is 29.7 Å². The van der Waals surface area contributed by atoms with Crippen molar-refractivity contribution in [3.8, 4) is 0 Å². The molecule has 3 nitrogen and oxygen atoms in total. The third-order valence-corrected chi connectivity index (χ3v) is 6.19. The third kappa shape index (κ3) is 5.40. The fourth-order valence-electron chi connectivity index (χ4n) is 4.63. The zero-order chi connectivity index (χ0) is 22.6. The minimum absolute atomic E-state index is 0.0388. The van der Waals surface area contributed by atoms with E-state index in [-0.39, 0.29) is 17.9 Å². The number of carbonyl (C=O) groups excluding carboxylic acids is 1. The summed E-state index contributed by atoms with van der Waals surface area (Å²) < 4.78 is 43.7. The van der Waals surface area contributed by atoms with Crippen LogP contribution < -0.4 is 5.43 Å². The van der Waals surface area contributed by atoms with Crippen LogP contribution in [0.5, 0.6) is 0 Å². The molecule has 3 rings (SSSR count). The van der Waals surface area contributed by atoms with Gasteiger partial charge in [-0.15, -0.1) is 0 Å².